The average molecular weight is 234 g/mol. The molecule has 0 spiro atoms. The predicted octanol–water partition coefficient (Wildman–Crippen LogP) is 3.33. The van der Waals surface area contributed by atoms with E-state index in [1.807, 2.05) is 0 Å². The van der Waals surface area contributed by atoms with Gasteiger partial charge in [0.15, 0.2) is 5.79 Å². The van der Waals surface area contributed by atoms with Crippen LogP contribution in [0, 0.1) is 12.3 Å². The largest absolute Gasteiger partial charge is 0.347 e. The first-order valence-electron chi connectivity index (χ1n) is 6.27. The normalized spacial score (nSPS) is 19.5. The number of ether oxygens (including phenoxy) is 2. The summed E-state index contributed by atoms with van der Waals surface area (Å²) in [5, 5.41) is 0. The average Bonchev–Trinajstić information content (AvgIpc) is 2.70. The molecule has 1 fully saturated rings. The van der Waals surface area contributed by atoms with Crippen LogP contribution in [0.2, 0.25) is 0 Å². The van der Waals surface area contributed by atoms with Crippen LogP contribution in [0.5, 0.6) is 0 Å². The Balaban J connectivity index is 2.20. The molecule has 2 rings (SSSR count). The lowest BCUT2D eigenvalue weighted by Gasteiger charge is -2.39. The van der Waals surface area contributed by atoms with Crippen LogP contribution in [0.25, 0.3) is 0 Å². The maximum Gasteiger partial charge on any atom is 0.171 e. The second kappa shape index (κ2) is 4.43. The highest BCUT2D eigenvalue weighted by Gasteiger charge is 2.46. The Hall–Kier alpha value is -0.860. The van der Waals surface area contributed by atoms with Crippen molar-refractivity contribution in [2.45, 2.75) is 39.9 Å². The molecule has 0 atom stereocenters. The molecular weight excluding hydrogens is 212 g/mol. The van der Waals surface area contributed by atoms with Gasteiger partial charge in [0.25, 0.3) is 0 Å². The van der Waals surface area contributed by atoms with Crippen molar-refractivity contribution in [2.75, 3.05) is 13.2 Å². The van der Waals surface area contributed by atoms with E-state index in [1.165, 1.54) is 11.1 Å². The molecule has 0 radical (unpaired) electrons. The van der Waals surface area contributed by atoms with E-state index < -0.39 is 5.79 Å². The van der Waals surface area contributed by atoms with Crippen LogP contribution in [0.1, 0.15) is 31.9 Å². The van der Waals surface area contributed by atoms with Crippen LogP contribution < -0.4 is 0 Å². The Labute approximate surface area is 104 Å². The summed E-state index contributed by atoms with van der Waals surface area (Å²) in [5.74, 6) is -0.463. The summed E-state index contributed by atoms with van der Waals surface area (Å²) in [6.45, 7) is 10.0. The third-order valence-electron chi connectivity index (χ3n) is 3.96. The molecule has 1 saturated heterocycles. The van der Waals surface area contributed by atoms with Crippen molar-refractivity contribution in [3.05, 3.63) is 35.4 Å². The van der Waals surface area contributed by atoms with E-state index in [0.29, 0.717) is 13.2 Å². The van der Waals surface area contributed by atoms with Gasteiger partial charge in [-0.05, 0) is 31.4 Å². The summed E-state index contributed by atoms with van der Waals surface area (Å²) in [4.78, 5) is 0. The molecule has 1 heterocycles. The summed E-state index contributed by atoms with van der Waals surface area (Å²) < 4.78 is 11.6. The lowest BCUT2D eigenvalue weighted by atomic mass is 9.77. The van der Waals surface area contributed by atoms with Gasteiger partial charge in [0.05, 0.1) is 13.2 Å². The fraction of sp³-hybridized carbons (Fsp3) is 0.600. The fourth-order valence-corrected chi connectivity index (χ4v) is 2.35. The van der Waals surface area contributed by atoms with Gasteiger partial charge in [-0.2, -0.15) is 0 Å². The molecule has 0 unspecified atom stereocenters. The minimum Gasteiger partial charge on any atom is -0.347 e. The summed E-state index contributed by atoms with van der Waals surface area (Å²) in [7, 11) is 0. The highest BCUT2D eigenvalue weighted by Crippen LogP contribution is 2.40. The summed E-state index contributed by atoms with van der Waals surface area (Å²) >= 11 is 0. The molecule has 17 heavy (non-hydrogen) atoms. The van der Waals surface area contributed by atoms with E-state index in [-0.39, 0.29) is 5.41 Å². The van der Waals surface area contributed by atoms with E-state index in [2.05, 4.69) is 52.0 Å². The molecule has 1 aliphatic rings. The molecule has 0 aliphatic carbocycles. The van der Waals surface area contributed by atoms with Gasteiger partial charge in [0, 0.05) is 5.41 Å². The standard InChI is InChI=1S/C15H22O2/c1-12-7-5-6-8-13(12)11-14(2,3)15(4)16-9-10-17-15/h5-8H,9-11H2,1-4H3. The van der Waals surface area contributed by atoms with Crippen molar-refractivity contribution in [3.8, 4) is 0 Å². The summed E-state index contributed by atoms with van der Waals surface area (Å²) in [6, 6.07) is 8.52. The van der Waals surface area contributed by atoms with Crippen molar-refractivity contribution in [2.24, 2.45) is 5.41 Å². The second-order valence-corrected chi connectivity index (χ2v) is 5.63. The molecular formula is C15H22O2. The lowest BCUT2D eigenvalue weighted by molar-refractivity contribution is -0.213. The molecule has 0 bridgehead atoms. The van der Waals surface area contributed by atoms with E-state index in [9.17, 15) is 0 Å². The molecule has 2 heteroatoms. The van der Waals surface area contributed by atoms with E-state index in [0.717, 1.165) is 6.42 Å². The van der Waals surface area contributed by atoms with Gasteiger partial charge < -0.3 is 9.47 Å². The Bertz CT molecular complexity index is 390. The van der Waals surface area contributed by atoms with Crippen molar-refractivity contribution in [1.82, 2.24) is 0 Å². The Morgan fingerprint density at radius 2 is 1.76 bits per heavy atom. The van der Waals surface area contributed by atoms with E-state index >= 15 is 0 Å². The first kappa shape index (κ1) is 12.6. The lowest BCUT2D eigenvalue weighted by Crippen LogP contribution is -2.44. The van der Waals surface area contributed by atoms with E-state index in [1.54, 1.807) is 0 Å². The molecule has 1 aliphatic heterocycles. The van der Waals surface area contributed by atoms with Crippen LogP contribution in [0.3, 0.4) is 0 Å². The van der Waals surface area contributed by atoms with Gasteiger partial charge in [0.2, 0.25) is 0 Å². The van der Waals surface area contributed by atoms with Gasteiger partial charge in [-0.25, -0.2) is 0 Å². The number of hydrogen-bond donors (Lipinski definition) is 0. The number of aryl methyl sites for hydroxylation is 1. The SMILES string of the molecule is Cc1ccccc1CC(C)(C)C1(C)OCCO1. The molecule has 94 valence electrons. The molecule has 0 amide bonds. The van der Waals surface area contributed by atoms with Gasteiger partial charge in [-0.15, -0.1) is 0 Å². The van der Waals surface area contributed by atoms with Crippen molar-refractivity contribution >= 4 is 0 Å². The molecule has 0 saturated carbocycles. The molecule has 2 nitrogen and oxygen atoms in total. The number of rotatable bonds is 3. The summed E-state index contributed by atoms with van der Waals surface area (Å²) in [6.07, 6.45) is 0.968. The quantitative estimate of drug-likeness (QED) is 0.798. The Kier molecular flexibility index (Phi) is 3.28. The van der Waals surface area contributed by atoms with Crippen LogP contribution in [-0.2, 0) is 15.9 Å². The summed E-state index contributed by atoms with van der Waals surface area (Å²) in [5.41, 5.74) is 2.68. The minimum atomic E-state index is -0.463. The first-order valence-corrected chi connectivity index (χ1v) is 6.27. The number of hydrogen-bond acceptors (Lipinski definition) is 2. The van der Waals surface area contributed by atoms with Gasteiger partial charge in [-0.1, -0.05) is 38.1 Å². The van der Waals surface area contributed by atoms with Crippen molar-refractivity contribution < 1.29 is 9.47 Å². The van der Waals surface area contributed by atoms with E-state index in [4.69, 9.17) is 9.47 Å². The second-order valence-electron chi connectivity index (χ2n) is 5.63. The van der Waals surface area contributed by atoms with Crippen LogP contribution in [0.4, 0.5) is 0 Å². The highest BCUT2D eigenvalue weighted by molar-refractivity contribution is 5.27. The minimum absolute atomic E-state index is 0.0321. The van der Waals surface area contributed by atoms with Crippen molar-refractivity contribution in [3.63, 3.8) is 0 Å². The van der Waals surface area contributed by atoms with Gasteiger partial charge in [-0.3, -0.25) is 0 Å². The number of benzene rings is 1. The Morgan fingerprint density at radius 3 is 2.35 bits per heavy atom. The Morgan fingerprint density at radius 1 is 1.18 bits per heavy atom. The maximum atomic E-state index is 5.80. The zero-order valence-electron chi connectivity index (χ0n) is 11.2. The predicted molar refractivity (Wildman–Crippen MR) is 69.0 cm³/mol. The highest BCUT2D eigenvalue weighted by atomic mass is 16.7. The van der Waals surface area contributed by atoms with Crippen LogP contribution in [0.15, 0.2) is 24.3 Å². The maximum absolute atomic E-state index is 5.80. The third kappa shape index (κ3) is 2.38. The van der Waals surface area contributed by atoms with Gasteiger partial charge >= 0.3 is 0 Å². The fourth-order valence-electron chi connectivity index (χ4n) is 2.35. The molecule has 1 aromatic rings. The third-order valence-corrected chi connectivity index (χ3v) is 3.96. The monoisotopic (exact) mass is 234 g/mol. The molecule has 1 aromatic carbocycles. The smallest absolute Gasteiger partial charge is 0.171 e. The zero-order valence-corrected chi connectivity index (χ0v) is 11.2. The van der Waals surface area contributed by atoms with Crippen LogP contribution in [-0.4, -0.2) is 19.0 Å². The zero-order chi connectivity index (χ0) is 12.5. The molecule has 0 aromatic heterocycles. The van der Waals surface area contributed by atoms with Gasteiger partial charge in [0.1, 0.15) is 0 Å². The van der Waals surface area contributed by atoms with Crippen LogP contribution >= 0.6 is 0 Å². The first-order chi connectivity index (χ1) is 7.95. The molecule has 0 N–H and O–H groups in total. The van der Waals surface area contributed by atoms with Crippen molar-refractivity contribution in [1.29, 1.82) is 0 Å². The topological polar surface area (TPSA) is 18.5 Å².